The number of nitrogens with zero attached hydrogens (tertiary/aromatic N) is 1. The molecule has 2 aliphatic heterocycles. The van der Waals surface area contributed by atoms with Crippen LogP contribution in [0.15, 0.2) is 30.3 Å². The molecule has 0 amide bonds. The number of benzene rings is 1. The number of aliphatic carboxylic acids is 1. The number of carboxylic acid groups (broad SMARTS) is 1. The van der Waals surface area contributed by atoms with Crippen LogP contribution < -0.4 is 9.57 Å². The largest absolute Gasteiger partial charge is 1.00 e. The van der Waals surface area contributed by atoms with Crippen molar-refractivity contribution in [3.63, 3.8) is 0 Å². The minimum atomic E-state index is -1.08. The average molecular weight is 567 g/mol. The molecule has 2 fully saturated rings. The van der Waals surface area contributed by atoms with Crippen molar-refractivity contribution in [1.29, 1.82) is 0 Å². The van der Waals surface area contributed by atoms with Crippen molar-refractivity contribution >= 4 is 25.4 Å². The molecule has 0 unspecified atom stereocenters. The third-order valence-corrected chi connectivity index (χ3v) is 6.79. The van der Waals surface area contributed by atoms with Gasteiger partial charge in [0, 0.05) is 5.97 Å². The second-order valence-electron chi connectivity index (χ2n) is 6.03. The second kappa shape index (κ2) is 10.9. The zero-order chi connectivity index (χ0) is 15.9. The predicted octanol–water partition coefficient (Wildman–Crippen LogP) is 1.41. The smallest absolute Gasteiger partial charge is 1.00 e. The van der Waals surface area contributed by atoms with Crippen LogP contribution in [0.4, 0.5) is 0 Å². The molecule has 23 heavy (non-hydrogen) atoms. The Bertz CT molecular complexity index is 465. The Kier molecular flexibility index (Phi) is 9.99. The van der Waals surface area contributed by atoms with Gasteiger partial charge >= 0.3 is 145 Å². The van der Waals surface area contributed by atoms with Crippen molar-refractivity contribution < 1.29 is 37.6 Å². The Morgan fingerprint density at radius 1 is 1.26 bits per heavy atom. The van der Waals surface area contributed by atoms with Crippen molar-refractivity contribution in [2.75, 3.05) is 0 Å². The van der Waals surface area contributed by atoms with Crippen molar-refractivity contribution in [2.24, 2.45) is 0 Å². The van der Waals surface area contributed by atoms with Crippen LogP contribution in [0.2, 0.25) is 5.32 Å². The number of fused-ring (bicyclic) bond motifs is 1. The van der Waals surface area contributed by atoms with Crippen LogP contribution in [-0.2, 0) is 32.5 Å². The van der Waals surface area contributed by atoms with Gasteiger partial charge in [-0.15, -0.1) is 0 Å². The van der Waals surface area contributed by atoms with Gasteiger partial charge in [-0.1, -0.05) is 0 Å². The maximum Gasteiger partial charge on any atom is 1.00 e. The van der Waals surface area contributed by atoms with Crippen LogP contribution in [0, 0.1) is 6.92 Å². The summed E-state index contributed by atoms with van der Waals surface area (Å²) < 4.78 is 1.55. The van der Waals surface area contributed by atoms with E-state index in [2.05, 4.69) is 42.2 Å². The summed E-state index contributed by atoms with van der Waals surface area (Å²) in [7, 11) is 0. The van der Waals surface area contributed by atoms with Gasteiger partial charge in [0.1, 0.15) is 0 Å². The van der Waals surface area contributed by atoms with E-state index in [4.69, 9.17) is 9.90 Å². The zero-order valence-electron chi connectivity index (χ0n) is 13.9. The van der Waals surface area contributed by atoms with Gasteiger partial charge in [0.2, 0.25) is 0 Å². The van der Waals surface area contributed by atoms with Crippen LogP contribution >= 0.6 is 0 Å². The first kappa shape index (κ1) is 21.1. The number of hydrogen-bond donors (Lipinski definition) is 0. The summed E-state index contributed by atoms with van der Waals surface area (Å²) in [5, 5.41) is 10.3. The molecular weight excluding hydrogens is 542 g/mol. The summed E-state index contributed by atoms with van der Waals surface area (Å²) in [4.78, 5) is 11.6. The van der Waals surface area contributed by atoms with E-state index in [9.17, 15) is 0 Å². The van der Waals surface area contributed by atoms with Gasteiger partial charge in [-0.2, -0.15) is 0 Å². The Hall–Kier alpha value is 0.105. The molecule has 122 valence electrons. The third kappa shape index (κ3) is 6.85. The summed E-state index contributed by atoms with van der Waals surface area (Å²) in [6.45, 7) is 5.33. The van der Waals surface area contributed by atoms with E-state index >= 15 is 0 Å². The first-order valence-corrected chi connectivity index (χ1v) is 10.1. The standard InChI is InChI=1S/C16H22NSe.C2H4O2.Hg/c1-13-10-11-14-6-5-7-15(17(13)14)12-18-16-8-3-2-4-9-16;1-2(3)4;/h2-4,8-9,13-15H,1,5-7,10-12H2;1H3,(H,3,4);/q;;+1/p-1/t13-,14-,15+;;/m1../s1. The molecule has 0 spiro atoms. The Morgan fingerprint density at radius 2 is 1.91 bits per heavy atom. The molecule has 3 rings (SSSR count). The fraction of sp³-hybridized carbons (Fsp3) is 0.556. The number of hydrogen-bond acceptors (Lipinski definition) is 3. The molecule has 2 saturated heterocycles. The SMILES string of the molecule is CC(=O)[O-].[CH2][C@@H]1CC[C@H]2CCC[C@@H](C[Se]c3ccccc3)N21.[Hg+]. The van der Waals surface area contributed by atoms with Crippen LogP contribution in [0.3, 0.4) is 0 Å². The summed E-state index contributed by atoms with van der Waals surface area (Å²) in [6, 6.07) is 13.3. The van der Waals surface area contributed by atoms with Crippen molar-refractivity contribution in [2.45, 2.75) is 62.5 Å². The van der Waals surface area contributed by atoms with Gasteiger partial charge in [0.25, 0.3) is 0 Å². The molecule has 5 heteroatoms. The van der Waals surface area contributed by atoms with E-state index in [1.807, 2.05) is 0 Å². The zero-order valence-corrected chi connectivity index (χ0v) is 21.2. The van der Waals surface area contributed by atoms with Crippen molar-refractivity contribution in [3.05, 3.63) is 37.3 Å². The van der Waals surface area contributed by atoms with E-state index in [0.717, 1.165) is 19.0 Å². The number of carboxylic acids is 1. The molecule has 0 aliphatic carbocycles. The number of rotatable bonds is 3. The number of carbonyl (C=O) groups excluding carboxylic acids is 1. The second-order valence-corrected chi connectivity index (χ2v) is 8.33. The molecule has 1 aromatic rings. The van der Waals surface area contributed by atoms with Gasteiger partial charge in [-0.25, -0.2) is 0 Å². The third-order valence-electron chi connectivity index (χ3n) is 4.36. The molecular formula is C18H25HgNO2Se. The van der Waals surface area contributed by atoms with Gasteiger partial charge < -0.3 is 9.90 Å². The van der Waals surface area contributed by atoms with Gasteiger partial charge in [0.05, 0.1) is 0 Å². The van der Waals surface area contributed by atoms with Crippen LogP contribution in [0.25, 0.3) is 0 Å². The van der Waals surface area contributed by atoms with Gasteiger partial charge in [-0.05, 0) is 6.92 Å². The minimum Gasteiger partial charge on any atom is 1.00 e. The van der Waals surface area contributed by atoms with Crippen LogP contribution in [0.5, 0.6) is 0 Å². The van der Waals surface area contributed by atoms with E-state index in [0.29, 0.717) is 21.0 Å². The van der Waals surface area contributed by atoms with Crippen molar-refractivity contribution in [1.82, 2.24) is 4.90 Å². The summed E-state index contributed by atoms with van der Waals surface area (Å²) >= 11 is 0.635. The van der Waals surface area contributed by atoms with Crippen molar-refractivity contribution in [3.8, 4) is 0 Å². The van der Waals surface area contributed by atoms with Crippen LogP contribution in [-0.4, -0.2) is 44.0 Å². The summed E-state index contributed by atoms with van der Waals surface area (Å²) in [5.41, 5.74) is 0. The molecule has 2 aliphatic rings. The monoisotopic (exact) mass is 569 g/mol. The quantitative estimate of drug-likeness (QED) is 0.520. The molecule has 0 saturated carbocycles. The molecule has 3 atom stereocenters. The topological polar surface area (TPSA) is 43.4 Å². The molecule has 2 radical (unpaired) electrons. The first-order chi connectivity index (χ1) is 10.6. The molecule has 0 bridgehead atoms. The molecule has 3 nitrogen and oxygen atoms in total. The average Bonchev–Trinajstić information content (AvgIpc) is 2.88. The van der Waals surface area contributed by atoms with Crippen LogP contribution in [0.1, 0.15) is 39.0 Å². The van der Waals surface area contributed by atoms with E-state index < -0.39 is 5.97 Å². The van der Waals surface area contributed by atoms with Gasteiger partial charge in [0.15, 0.2) is 0 Å². The normalized spacial score (nSPS) is 26.4. The maximum atomic E-state index is 8.89. The first-order valence-electron chi connectivity index (χ1n) is 8.04. The fourth-order valence-electron chi connectivity index (χ4n) is 3.49. The fourth-order valence-corrected chi connectivity index (χ4v) is 5.74. The number of piperidine rings is 1. The maximum absolute atomic E-state index is 8.89. The van der Waals surface area contributed by atoms with E-state index in [1.165, 1.54) is 37.4 Å². The number of carbonyl (C=O) groups is 1. The van der Waals surface area contributed by atoms with E-state index in [-0.39, 0.29) is 27.7 Å². The molecule has 2 heterocycles. The minimum absolute atomic E-state index is 0. The Morgan fingerprint density at radius 3 is 2.57 bits per heavy atom. The molecule has 1 aromatic carbocycles. The predicted molar refractivity (Wildman–Crippen MR) is 89.0 cm³/mol. The summed E-state index contributed by atoms with van der Waals surface area (Å²) in [5.74, 6) is -1.08. The van der Waals surface area contributed by atoms with E-state index in [1.54, 1.807) is 4.46 Å². The Labute approximate surface area is 166 Å². The molecule has 0 aromatic heterocycles. The Balaban J connectivity index is 0.000000478. The van der Waals surface area contributed by atoms with Gasteiger partial charge in [-0.3, -0.25) is 0 Å². The molecule has 0 N–H and O–H groups in total. The summed E-state index contributed by atoms with van der Waals surface area (Å²) in [6.07, 6.45) is 6.96.